The average molecular weight is 500 g/mol. The number of halogens is 1. The Morgan fingerprint density at radius 1 is 1.17 bits per heavy atom. The molecule has 5 rings (SSSR count). The molecule has 2 atom stereocenters. The lowest BCUT2D eigenvalue weighted by Crippen LogP contribution is -2.63. The zero-order chi connectivity index (χ0) is 25.6. The summed E-state index contributed by atoms with van der Waals surface area (Å²) < 4.78 is 18.7. The van der Waals surface area contributed by atoms with Gasteiger partial charge in [0.1, 0.15) is 11.5 Å². The minimum absolute atomic E-state index is 0.0203. The lowest BCUT2D eigenvalue weighted by atomic mass is 9.99. The van der Waals surface area contributed by atoms with Crippen LogP contribution in [0.5, 0.6) is 0 Å². The first-order valence-corrected chi connectivity index (χ1v) is 12.6. The fourth-order valence-electron chi connectivity index (χ4n) is 5.71. The monoisotopic (exact) mass is 499 g/mol. The number of amides is 3. The number of H-pyrrole nitrogens is 1. The molecule has 0 radical (unpaired) electrons. The van der Waals surface area contributed by atoms with Gasteiger partial charge in [-0.3, -0.25) is 14.8 Å². The van der Waals surface area contributed by atoms with Gasteiger partial charge in [-0.1, -0.05) is 0 Å². The molecule has 3 amide bonds. The lowest BCUT2D eigenvalue weighted by Gasteiger charge is -2.49. The number of aromatic nitrogens is 3. The highest BCUT2D eigenvalue weighted by Gasteiger charge is 2.47. The molecule has 0 bridgehead atoms. The van der Waals surface area contributed by atoms with Gasteiger partial charge >= 0.3 is 6.03 Å². The molecule has 0 spiro atoms. The molecule has 0 unspecified atom stereocenters. The van der Waals surface area contributed by atoms with Gasteiger partial charge in [-0.2, -0.15) is 5.10 Å². The van der Waals surface area contributed by atoms with E-state index < -0.39 is 17.3 Å². The second-order valence-corrected chi connectivity index (χ2v) is 10.6. The normalized spacial score (nSPS) is 24.6. The summed E-state index contributed by atoms with van der Waals surface area (Å²) in [5.41, 5.74) is 1.02. The largest absolute Gasteiger partial charge is 0.381 e. The second-order valence-electron chi connectivity index (χ2n) is 10.6. The number of piperazine rings is 1. The maximum atomic E-state index is 13.9. The maximum absolute atomic E-state index is 13.9. The van der Waals surface area contributed by atoms with Crippen LogP contribution in [0.15, 0.2) is 18.3 Å². The third kappa shape index (κ3) is 4.34. The minimum atomic E-state index is -0.628. The van der Waals surface area contributed by atoms with E-state index in [9.17, 15) is 14.0 Å². The standard InChI is InChI=1S/C25H34FN7O3/c1-15-13-32(16(2)12-31(15)18-7-9-36-10-8-18)24(35)33-14-19-21(25(33,3)4)29-30-22(19)28-23(34)20-6-5-17(26)11-27-20/h5-6,11,15-16,18H,7-10,12-14H2,1-4H3,(H2,28,29,30,34)/t15-,16+/m1/s1. The molecule has 3 aliphatic heterocycles. The van der Waals surface area contributed by atoms with Gasteiger partial charge < -0.3 is 19.9 Å². The Morgan fingerprint density at radius 2 is 1.92 bits per heavy atom. The number of hydrogen-bond acceptors (Lipinski definition) is 6. The number of hydrogen-bond donors (Lipinski definition) is 2. The number of pyridine rings is 1. The van der Waals surface area contributed by atoms with Crippen LogP contribution in [-0.2, 0) is 16.8 Å². The molecule has 0 saturated carbocycles. The molecular formula is C25H34FN7O3. The van der Waals surface area contributed by atoms with Gasteiger partial charge in [0.25, 0.3) is 5.91 Å². The highest BCUT2D eigenvalue weighted by atomic mass is 19.1. The number of rotatable bonds is 3. The van der Waals surface area contributed by atoms with Gasteiger partial charge in [0.05, 0.1) is 24.0 Å². The predicted octanol–water partition coefficient (Wildman–Crippen LogP) is 2.94. The molecule has 5 heterocycles. The van der Waals surface area contributed by atoms with Crippen LogP contribution in [0.2, 0.25) is 0 Å². The second kappa shape index (κ2) is 9.44. The number of nitrogens with zero attached hydrogens (tertiary/aromatic N) is 5. The zero-order valence-corrected chi connectivity index (χ0v) is 21.3. The molecule has 36 heavy (non-hydrogen) atoms. The Balaban J connectivity index is 1.30. The topological polar surface area (TPSA) is 107 Å². The maximum Gasteiger partial charge on any atom is 0.321 e. The van der Waals surface area contributed by atoms with Gasteiger partial charge in [-0.15, -0.1) is 0 Å². The summed E-state index contributed by atoms with van der Waals surface area (Å²) in [7, 11) is 0. The van der Waals surface area contributed by atoms with Gasteiger partial charge in [-0.25, -0.2) is 14.2 Å². The van der Waals surface area contributed by atoms with Crippen molar-refractivity contribution in [3.05, 3.63) is 41.1 Å². The van der Waals surface area contributed by atoms with E-state index in [2.05, 4.69) is 39.2 Å². The van der Waals surface area contributed by atoms with E-state index in [1.807, 2.05) is 23.6 Å². The van der Waals surface area contributed by atoms with Crippen LogP contribution in [0.3, 0.4) is 0 Å². The molecule has 10 nitrogen and oxygen atoms in total. The molecule has 2 fully saturated rings. The highest BCUT2D eigenvalue weighted by Crippen LogP contribution is 2.41. The Morgan fingerprint density at radius 3 is 2.61 bits per heavy atom. The zero-order valence-electron chi connectivity index (χ0n) is 21.3. The van der Waals surface area contributed by atoms with Crippen LogP contribution < -0.4 is 5.32 Å². The summed E-state index contributed by atoms with van der Waals surface area (Å²) in [5, 5.41) is 10.1. The molecule has 2 saturated heterocycles. The summed E-state index contributed by atoms with van der Waals surface area (Å²) >= 11 is 0. The predicted molar refractivity (Wildman–Crippen MR) is 131 cm³/mol. The summed E-state index contributed by atoms with van der Waals surface area (Å²) in [5.74, 6) is -0.644. The number of ether oxygens (including phenoxy) is 1. The van der Waals surface area contributed by atoms with Crippen molar-refractivity contribution in [2.45, 2.75) is 70.7 Å². The molecule has 11 heteroatoms. The van der Waals surface area contributed by atoms with Crippen molar-refractivity contribution >= 4 is 17.8 Å². The average Bonchev–Trinajstić information content (AvgIpc) is 3.38. The smallest absolute Gasteiger partial charge is 0.321 e. The number of nitrogens with one attached hydrogen (secondary N) is 2. The van der Waals surface area contributed by atoms with Crippen LogP contribution >= 0.6 is 0 Å². The molecule has 2 aromatic heterocycles. The summed E-state index contributed by atoms with van der Waals surface area (Å²) in [4.78, 5) is 36.7. The Labute approximate surface area is 210 Å². The van der Waals surface area contributed by atoms with Crippen molar-refractivity contribution < 1.29 is 18.7 Å². The molecule has 2 aromatic rings. The van der Waals surface area contributed by atoms with Crippen LogP contribution in [0.25, 0.3) is 0 Å². The Hall–Kier alpha value is -3.05. The number of anilines is 1. The van der Waals surface area contributed by atoms with Crippen LogP contribution in [0.4, 0.5) is 15.0 Å². The van der Waals surface area contributed by atoms with E-state index >= 15 is 0 Å². The summed E-state index contributed by atoms with van der Waals surface area (Å²) in [6, 6.07) is 3.33. The molecule has 3 aliphatic rings. The van der Waals surface area contributed by atoms with Crippen LogP contribution in [-0.4, -0.2) is 86.2 Å². The molecule has 0 aromatic carbocycles. The fourth-order valence-corrected chi connectivity index (χ4v) is 5.71. The molecule has 0 aliphatic carbocycles. The van der Waals surface area contributed by atoms with Gasteiger partial charge in [0, 0.05) is 50.0 Å². The van der Waals surface area contributed by atoms with E-state index in [-0.39, 0.29) is 23.8 Å². The van der Waals surface area contributed by atoms with E-state index in [1.165, 1.54) is 12.1 Å². The number of carbonyl (C=O) groups is 2. The first-order valence-electron chi connectivity index (χ1n) is 12.6. The SMILES string of the molecule is C[C@@H]1CN(C(=O)N2Cc3c(NC(=O)c4ccc(F)cn4)n[nH]c3C2(C)C)[C@@H](C)CN1C1CCOCC1. The van der Waals surface area contributed by atoms with Crippen LogP contribution in [0, 0.1) is 5.82 Å². The first kappa shape index (κ1) is 24.6. The van der Waals surface area contributed by atoms with E-state index in [1.54, 1.807) is 0 Å². The molecular weight excluding hydrogens is 465 g/mol. The summed E-state index contributed by atoms with van der Waals surface area (Å²) in [6.45, 7) is 11.7. The van der Waals surface area contributed by atoms with Crippen LogP contribution in [0.1, 0.15) is 62.3 Å². The quantitative estimate of drug-likeness (QED) is 0.673. The van der Waals surface area contributed by atoms with E-state index in [0.29, 0.717) is 24.9 Å². The number of fused-ring (bicyclic) bond motifs is 1. The third-order valence-electron chi connectivity index (χ3n) is 7.83. The Kier molecular flexibility index (Phi) is 6.46. The molecule has 2 N–H and O–H groups in total. The third-order valence-corrected chi connectivity index (χ3v) is 7.83. The molecule has 194 valence electrons. The lowest BCUT2D eigenvalue weighted by molar-refractivity contribution is -0.0237. The van der Waals surface area contributed by atoms with Crippen molar-refractivity contribution in [2.24, 2.45) is 0 Å². The van der Waals surface area contributed by atoms with Crippen molar-refractivity contribution in [1.29, 1.82) is 0 Å². The summed E-state index contributed by atoms with van der Waals surface area (Å²) in [6.07, 6.45) is 3.07. The fraction of sp³-hybridized carbons (Fsp3) is 0.600. The minimum Gasteiger partial charge on any atom is -0.381 e. The van der Waals surface area contributed by atoms with Gasteiger partial charge in [-0.05, 0) is 52.7 Å². The van der Waals surface area contributed by atoms with Crippen molar-refractivity contribution in [2.75, 3.05) is 31.6 Å². The van der Waals surface area contributed by atoms with E-state index in [4.69, 9.17) is 4.74 Å². The van der Waals surface area contributed by atoms with Gasteiger partial charge in [0.15, 0.2) is 5.82 Å². The van der Waals surface area contributed by atoms with Crippen molar-refractivity contribution in [3.8, 4) is 0 Å². The number of carbonyl (C=O) groups excluding carboxylic acids is 2. The first-order chi connectivity index (χ1) is 17.2. The Bertz CT molecular complexity index is 1130. The van der Waals surface area contributed by atoms with Crippen molar-refractivity contribution in [3.63, 3.8) is 0 Å². The van der Waals surface area contributed by atoms with E-state index in [0.717, 1.165) is 50.1 Å². The van der Waals surface area contributed by atoms with Crippen molar-refractivity contribution in [1.82, 2.24) is 29.9 Å². The number of aromatic amines is 1. The van der Waals surface area contributed by atoms with Gasteiger partial charge in [0.2, 0.25) is 0 Å². The highest BCUT2D eigenvalue weighted by molar-refractivity contribution is 6.02. The number of urea groups is 1.